The van der Waals surface area contributed by atoms with E-state index in [0.29, 0.717) is 0 Å². The highest BCUT2D eigenvalue weighted by Gasteiger charge is 2.78. The Morgan fingerprint density at radius 2 is 0.833 bits per heavy atom. The van der Waals surface area contributed by atoms with Gasteiger partial charge in [-0.1, -0.05) is 91.0 Å². The van der Waals surface area contributed by atoms with Gasteiger partial charge in [-0.3, -0.25) is 14.4 Å². The Labute approximate surface area is 205 Å². The topological polar surface area (TPSA) is 173 Å². The highest BCUT2D eigenvalue weighted by atomic mass is 16.5. The Bertz CT molecular complexity index is 1280. The Balaban J connectivity index is 1.97. The summed E-state index contributed by atoms with van der Waals surface area (Å²) >= 11 is 0. The molecule has 6 atom stereocenters. The van der Waals surface area contributed by atoms with Crippen LogP contribution in [0.5, 0.6) is 0 Å². The minimum absolute atomic E-state index is 0.236. The van der Waals surface area contributed by atoms with Gasteiger partial charge in [0, 0.05) is 16.7 Å². The Hall–Kier alpha value is -3.57. The number of hydrogen-bond donors (Lipinski definition) is 6. The number of ketones is 3. The number of carbonyl (C=O) groups is 3. The molecule has 0 saturated heterocycles. The Morgan fingerprint density at radius 3 is 1.22 bits per heavy atom. The van der Waals surface area contributed by atoms with E-state index in [-0.39, 0.29) is 16.7 Å². The molecule has 1 aliphatic rings. The number of aliphatic hydroxyl groups is 6. The SMILES string of the molecule is O=C(c1ccccc1)[C@@]1(O)[C@H](O)[C@@H](O)[C@](O)(C(=O)c2ccccc2)[C@@](O)(C(=O)c2ccccc2)[C@H]1O. The van der Waals surface area contributed by atoms with Crippen LogP contribution in [0.3, 0.4) is 0 Å². The normalized spacial score (nSPS) is 32.0. The van der Waals surface area contributed by atoms with E-state index in [9.17, 15) is 45.0 Å². The number of Topliss-reactive ketones (excluding diaryl/α,β-unsaturated/α-hetero) is 3. The van der Waals surface area contributed by atoms with Gasteiger partial charge in [0.15, 0.2) is 22.6 Å². The smallest absolute Gasteiger partial charge is 0.200 e. The van der Waals surface area contributed by atoms with Crippen LogP contribution in [0.2, 0.25) is 0 Å². The molecule has 6 N–H and O–H groups in total. The molecule has 9 heteroatoms. The molecule has 36 heavy (non-hydrogen) atoms. The molecular weight excluding hydrogens is 468 g/mol. The predicted octanol–water partition coefficient (Wildman–Crippen LogP) is -0.0753. The third-order valence-electron chi connectivity index (χ3n) is 6.74. The number of carbonyl (C=O) groups excluding carboxylic acids is 3. The lowest BCUT2D eigenvalue weighted by atomic mass is 9.55. The second-order valence-electron chi connectivity index (χ2n) is 8.74. The standard InChI is InChI=1S/C27H24O9/c28-19(16-10-4-1-5-11-16)25(34)22(31)23(32)26(35,20(29)17-12-6-2-7-13-17)27(36,24(25)33)21(30)18-14-8-3-9-15-18/h1-15,22-24,31-36H/t22-,23-,24+,25-,26-,27-/m1/s1. The molecule has 1 aliphatic carbocycles. The molecule has 0 aliphatic heterocycles. The highest BCUT2D eigenvalue weighted by molar-refractivity contribution is 6.15. The lowest BCUT2D eigenvalue weighted by Crippen LogP contribution is -2.87. The van der Waals surface area contributed by atoms with Crippen LogP contribution in [0.25, 0.3) is 0 Å². The van der Waals surface area contributed by atoms with Crippen molar-refractivity contribution in [1.82, 2.24) is 0 Å². The van der Waals surface area contributed by atoms with Crippen molar-refractivity contribution >= 4 is 17.3 Å². The van der Waals surface area contributed by atoms with Gasteiger partial charge in [-0.05, 0) is 0 Å². The van der Waals surface area contributed by atoms with E-state index in [4.69, 9.17) is 0 Å². The maximum absolute atomic E-state index is 13.6. The zero-order valence-corrected chi connectivity index (χ0v) is 18.8. The molecule has 9 nitrogen and oxygen atoms in total. The molecule has 0 spiro atoms. The number of hydrogen-bond acceptors (Lipinski definition) is 9. The highest BCUT2D eigenvalue weighted by Crippen LogP contribution is 2.47. The van der Waals surface area contributed by atoms with Gasteiger partial charge in [0.2, 0.25) is 11.6 Å². The quantitative estimate of drug-likeness (QED) is 0.258. The summed E-state index contributed by atoms with van der Waals surface area (Å²) in [5.74, 6) is -4.24. The first-order chi connectivity index (χ1) is 17.0. The fraction of sp³-hybridized carbons (Fsp3) is 0.222. The molecule has 1 saturated carbocycles. The largest absolute Gasteiger partial charge is 0.387 e. The summed E-state index contributed by atoms with van der Waals surface area (Å²) in [6.07, 6.45) is -8.44. The fourth-order valence-electron chi connectivity index (χ4n) is 4.69. The second-order valence-corrected chi connectivity index (χ2v) is 8.74. The van der Waals surface area contributed by atoms with Crippen LogP contribution in [-0.4, -0.2) is 83.1 Å². The van der Waals surface area contributed by atoms with Gasteiger partial charge in [0.1, 0.15) is 18.3 Å². The molecule has 1 fully saturated rings. The van der Waals surface area contributed by atoms with Crippen molar-refractivity contribution in [3.8, 4) is 0 Å². The van der Waals surface area contributed by atoms with Gasteiger partial charge in [-0.15, -0.1) is 0 Å². The van der Waals surface area contributed by atoms with Crippen molar-refractivity contribution in [1.29, 1.82) is 0 Å². The maximum atomic E-state index is 13.6. The molecule has 3 aromatic rings. The van der Waals surface area contributed by atoms with E-state index in [0.717, 1.165) is 0 Å². The van der Waals surface area contributed by atoms with Crippen LogP contribution < -0.4 is 0 Å². The molecule has 0 bridgehead atoms. The minimum atomic E-state index is -3.68. The van der Waals surface area contributed by atoms with Gasteiger partial charge in [-0.25, -0.2) is 0 Å². The van der Waals surface area contributed by atoms with Crippen molar-refractivity contribution in [2.45, 2.75) is 35.1 Å². The number of benzene rings is 3. The monoisotopic (exact) mass is 492 g/mol. The van der Waals surface area contributed by atoms with Gasteiger partial charge in [0.25, 0.3) is 0 Å². The first-order valence-electron chi connectivity index (χ1n) is 11.0. The van der Waals surface area contributed by atoms with Crippen LogP contribution in [0.1, 0.15) is 31.1 Å². The fourth-order valence-corrected chi connectivity index (χ4v) is 4.69. The van der Waals surface area contributed by atoms with Crippen molar-refractivity contribution < 1.29 is 45.0 Å². The summed E-state index contributed by atoms with van der Waals surface area (Å²) in [6.45, 7) is 0. The van der Waals surface area contributed by atoms with E-state index < -0.39 is 52.5 Å². The zero-order chi connectivity index (χ0) is 26.3. The maximum Gasteiger partial charge on any atom is 0.200 e. The van der Waals surface area contributed by atoms with Crippen LogP contribution in [0.15, 0.2) is 91.0 Å². The first-order valence-corrected chi connectivity index (χ1v) is 11.0. The third kappa shape index (κ3) is 3.45. The van der Waals surface area contributed by atoms with E-state index in [1.54, 1.807) is 12.1 Å². The first kappa shape index (κ1) is 25.5. The summed E-state index contributed by atoms with van der Waals surface area (Å²) in [6, 6.07) is 20.4. The third-order valence-corrected chi connectivity index (χ3v) is 6.74. The summed E-state index contributed by atoms with van der Waals surface area (Å²) in [5, 5.41) is 68.0. The molecule has 0 radical (unpaired) electrons. The van der Waals surface area contributed by atoms with E-state index >= 15 is 0 Å². The predicted molar refractivity (Wildman–Crippen MR) is 125 cm³/mol. The van der Waals surface area contributed by atoms with Crippen LogP contribution in [0.4, 0.5) is 0 Å². The number of aliphatic hydroxyl groups excluding tert-OH is 3. The van der Waals surface area contributed by atoms with Crippen LogP contribution >= 0.6 is 0 Å². The van der Waals surface area contributed by atoms with E-state index in [1.807, 2.05) is 0 Å². The summed E-state index contributed by atoms with van der Waals surface area (Å²) < 4.78 is 0. The summed E-state index contributed by atoms with van der Waals surface area (Å²) in [7, 11) is 0. The minimum Gasteiger partial charge on any atom is -0.387 e. The Morgan fingerprint density at radius 1 is 0.500 bits per heavy atom. The van der Waals surface area contributed by atoms with Gasteiger partial charge in [-0.2, -0.15) is 0 Å². The van der Waals surface area contributed by atoms with Crippen LogP contribution in [0, 0.1) is 0 Å². The lowest BCUT2D eigenvalue weighted by molar-refractivity contribution is -0.293. The van der Waals surface area contributed by atoms with Gasteiger partial charge >= 0.3 is 0 Å². The molecule has 4 rings (SSSR count). The van der Waals surface area contributed by atoms with Crippen molar-refractivity contribution in [2.75, 3.05) is 0 Å². The van der Waals surface area contributed by atoms with Gasteiger partial charge in [0.05, 0.1) is 0 Å². The van der Waals surface area contributed by atoms with Crippen molar-refractivity contribution in [3.05, 3.63) is 108 Å². The average Bonchev–Trinajstić information content (AvgIpc) is 2.94. The van der Waals surface area contributed by atoms with Crippen LogP contribution in [-0.2, 0) is 0 Å². The van der Waals surface area contributed by atoms with E-state index in [1.165, 1.54) is 78.9 Å². The molecule has 0 unspecified atom stereocenters. The molecule has 0 heterocycles. The molecule has 0 amide bonds. The summed E-state index contributed by atoms with van der Waals surface area (Å²) in [5.41, 5.74) is -11.5. The zero-order valence-electron chi connectivity index (χ0n) is 18.8. The van der Waals surface area contributed by atoms with E-state index in [2.05, 4.69) is 0 Å². The molecule has 3 aromatic carbocycles. The average molecular weight is 492 g/mol. The number of rotatable bonds is 6. The molecule has 186 valence electrons. The lowest BCUT2D eigenvalue weighted by Gasteiger charge is -2.56. The van der Waals surface area contributed by atoms with Crippen molar-refractivity contribution in [3.63, 3.8) is 0 Å². The van der Waals surface area contributed by atoms with Crippen molar-refractivity contribution in [2.24, 2.45) is 0 Å². The van der Waals surface area contributed by atoms with Gasteiger partial charge < -0.3 is 30.6 Å². The summed E-state index contributed by atoms with van der Waals surface area (Å²) in [4.78, 5) is 40.5. The molecular formula is C27H24O9. The molecule has 0 aromatic heterocycles. The Kier molecular flexibility index (Phi) is 6.48. The second kappa shape index (κ2) is 9.14.